The molecule has 0 aromatic carbocycles. The normalized spacial score (nSPS) is 16.4. The van der Waals surface area contributed by atoms with E-state index in [-0.39, 0.29) is 11.9 Å². The van der Waals surface area contributed by atoms with Crippen LogP contribution in [-0.4, -0.2) is 47.8 Å². The number of rotatable bonds is 10. The highest BCUT2D eigenvalue weighted by Gasteiger charge is 2.13. The van der Waals surface area contributed by atoms with Crippen LogP contribution in [0.15, 0.2) is 74.3 Å². The van der Waals surface area contributed by atoms with E-state index in [9.17, 15) is 5.26 Å². The van der Waals surface area contributed by atoms with E-state index >= 15 is 0 Å². The molecule has 0 fully saturated rings. The molecule has 0 saturated carbocycles. The van der Waals surface area contributed by atoms with Crippen LogP contribution in [0.5, 0.6) is 0 Å². The Kier molecular flexibility index (Phi) is 10.6. The molecule has 2 unspecified atom stereocenters. The monoisotopic (exact) mass is 500 g/mol. The molecule has 2 aromatic heterocycles. The molecule has 2 heterocycles. The lowest BCUT2D eigenvalue weighted by Gasteiger charge is -2.16. The average Bonchev–Trinajstić information content (AvgIpc) is 2.89. The number of ether oxygens (including phenoxy) is 1. The minimum Gasteiger partial charge on any atom is -0.459 e. The molecule has 0 spiro atoms. The number of nitriles is 1. The Morgan fingerprint density at radius 1 is 1.33 bits per heavy atom. The van der Waals surface area contributed by atoms with Crippen molar-refractivity contribution in [1.82, 2.24) is 9.97 Å². The standard InChI is InChI=1S/C28H32N6OS/c1-5-31-28(34-17-25(15-29)19-36-26-12-13-32-21(3)27(26)30-4)35-18-23-10-8-22(9-11-23)14-24-7-6-20(2)33-16-24/h5-8,10-13,16,22,25H,4,9,14,17-19H2,1-3H3. The summed E-state index contributed by atoms with van der Waals surface area (Å²) in [5.41, 5.74) is 4.95. The van der Waals surface area contributed by atoms with E-state index in [4.69, 9.17) is 4.74 Å². The van der Waals surface area contributed by atoms with Crippen molar-refractivity contribution in [3.8, 4) is 6.07 Å². The smallest absolute Gasteiger partial charge is 0.311 e. The average molecular weight is 501 g/mol. The molecule has 0 radical (unpaired) electrons. The molecule has 0 amide bonds. The first-order chi connectivity index (χ1) is 17.5. The molecule has 0 N–H and O–H groups in total. The van der Waals surface area contributed by atoms with Gasteiger partial charge in [-0.2, -0.15) is 5.26 Å². The molecule has 3 rings (SSSR count). The van der Waals surface area contributed by atoms with E-state index in [0.717, 1.165) is 40.4 Å². The number of aryl methyl sites for hydroxylation is 2. The zero-order valence-electron chi connectivity index (χ0n) is 21.1. The second kappa shape index (κ2) is 14.1. The molecule has 1 aliphatic rings. The van der Waals surface area contributed by atoms with Gasteiger partial charge in [0.05, 0.1) is 29.9 Å². The highest BCUT2D eigenvalue weighted by molar-refractivity contribution is 7.99. The van der Waals surface area contributed by atoms with Gasteiger partial charge in [0, 0.05) is 35.0 Å². The Morgan fingerprint density at radius 3 is 2.86 bits per heavy atom. The fourth-order valence-corrected chi connectivity index (χ4v) is 4.69. The third kappa shape index (κ3) is 8.28. The zero-order valence-corrected chi connectivity index (χ0v) is 21.9. The van der Waals surface area contributed by atoms with Crippen LogP contribution >= 0.6 is 11.8 Å². The molecule has 36 heavy (non-hydrogen) atoms. The summed E-state index contributed by atoms with van der Waals surface area (Å²) < 4.78 is 5.87. The third-order valence-corrected chi connectivity index (χ3v) is 6.85. The van der Waals surface area contributed by atoms with Gasteiger partial charge in [-0.1, -0.05) is 24.3 Å². The topological polar surface area (TPSA) is 95.9 Å². The van der Waals surface area contributed by atoms with Crippen molar-refractivity contribution in [3.63, 3.8) is 0 Å². The van der Waals surface area contributed by atoms with Gasteiger partial charge in [0.2, 0.25) is 0 Å². The molecule has 0 bridgehead atoms. The van der Waals surface area contributed by atoms with Crippen molar-refractivity contribution in [2.24, 2.45) is 26.8 Å². The molecule has 2 atom stereocenters. The van der Waals surface area contributed by atoms with E-state index in [2.05, 4.69) is 68.1 Å². The molecule has 0 saturated heterocycles. The van der Waals surface area contributed by atoms with Crippen LogP contribution in [0.3, 0.4) is 0 Å². The number of aliphatic imine (C=N–C) groups is 3. The van der Waals surface area contributed by atoms with Gasteiger partial charge < -0.3 is 4.74 Å². The van der Waals surface area contributed by atoms with Gasteiger partial charge in [0.1, 0.15) is 6.61 Å². The van der Waals surface area contributed by atoms with Gasteiger partial charge in [0.15, 0.2) is 0 Å². The van der Waals surface area contributed by atoms with Gasteiger partial charge in [-0.15, -0.1) is 11.8 Å². The summed E-state index contributed by atoms with van der Waals surface area (Å²) in [6, 6.07) is 8.71. The van der Waals surface area contributed by atoms with Crippen LogP contribution in [0.4, 0.5) is 5.69 Å². The van der Waals surface area contributed by atoms with Gasteiger partial charge in [-0.3, -0.25) is 15.0 Å². The maximum absolute atomic E-state index is 9.62. The number of pyridine rings is 2. The largest absolute Gasteiger partial charge is 0.459 e. The first-order valence-corrected chi connectivity index (χ1v) is 12.9. The number of aromatic nitrogens is 2. The number of hydrogen-bond acceptors (Lipinski definition) is 7. The Hall–Kier alpha value is -3.57. The van der Waals surface area contributed by atoms with Crippen molar-refractivity contribution < 1.29 is 4.74 Å². The summed E-state index contributed by atoms with van der Waals surface area (Å²) in [5.74, 6) is 0.730. The fourth-order valence-electron chi connectivity index (χ4n) is 3.62. The summed E-state index contributed by atoms with van der Waals surface area (Å²) in [6.45, 7) is 10.0. The highest BCUT2D eigenvalue weighted by Crippen LogP contribution is 2.32. The quantitative estimate of drug-likeness (QED) is 0.231. The minimum atomic E-state index is -0.294. The lowest BCUT2D eigenvalue weighted by molar-refractivity contribution is 0.334. The lowest BCUT2D eigenvalue weighted by atomic mass is 9.91. The number of amidine groups is 1. The van der Waals surface area contributed by atoms with Crippen molar-refractivity contribution in [2.45, 2.75) is 38.5 Å². The first kappa shape index (κ1) is 27.0. The predicted octanol–water partition coefficient (Wildman–Crippen LogP) is 5.87. The van der Waals surface area contributed by atoms with Gasteiger partial charge >= 0.3 is 6.02 Å². The molecule has 0 aliphatic heterocycles. The van der Waals surface area contributed by atoms with Crippen molar-refractivity contribution in [3.05, 3.63) is 71.3 Å². The van der Waals surface area contributed by atoms with Gasteiger partial charge in [0.25, 0.3) is 0 Å². The third-order valence-electron chi connectivity index (χ3n) is 5.64. The molecule has 2 aromatic rings. The van der Waals surface area contributed by atoms with E-state index in [1.165, 1.54) is 5.56 Å². The Balaban J connectivity index is 1.50. The van der Waals surface area contributed by atoms with Gasteiger partial charge in [-0.05, 0) is 69.5 Å². The van der Waals surface area contributed by atoms with Crippen molar-refractivity contribution in [2.75, 3.05) is 18.9 Å². The van der Waals surface area contributed by atoms with E-state index in [0.29, 0.717) is 24.8 Å². The van der Waals surface area contributed by atoms with Crippen LogP contribution in [0, 0.1) is 37.0 Å². The Bertz CT molecular complexity index is 1190. The molecule has 8 heteroatoms. The molecular formula is C28H32N6OS. The van der Waals surface area contributed by atoms with Crippen molar-refractivity contribution in [1.29, 1.82) is 5.26 Å². The minimum absolute atomic E-state index is 0.290. The summed E-state index contributed by atoms with van der Waals surface area (Å²) in [4.78, 5) is 22.4. The van der Waals surface area contributed by atoms with Crippen LogP contribution < -0.4 is 0 Å². The first-order valence-electron chi connectivity index (χ1n) is 11.9. The van der Waals surface area contributed by atoms with E-state index < -0.39 is 0 Å². The summed E-state index contributed by atoms with van der Waals surface area (Å²) >= 11 is 1.55. The van der Waals surface area contributed by atoms with E-state index in [1.54, 1.807) is 24.2 Å². The Labute approximate surface area is 217 Å². The maximum atomic E-state index is 9.62. The van der Waals surface area contributed by atoms with E-state index in [1.807, 2.05) is 33.0 Å². The predicted molar refractivity (Wildman–Crippen MR) is 148 cm³/mol. The van der Waals surface area contributed by atoms with Crippen LogP contribution in [0.2, 0.25) is 0 Å². The Morgan fingerprint density at radius 2 is 2.19 bits per heavy atom. The highest BCUT2D eigenvalue weighted by atomic mass is 32.2. The number of allylic oxidation sites excluding steroid dienone is 2. The van der Waals surface area contributed by atoms with Crippen LogP contribution in [0.25, 0.3) is 0 Å². The van der Waals surface area contributed by atoms with Crippen LogP contribution in [-0.2, 0) is 11.2 Å². The lowest BCUT2D eigenvalue weighted by Crippen LogP contribution is -2.12. The molecule has 7 nitrogen and oxygen atoms in total. The summed E-state index contributed by atoms with van der Waals surface area (Å²) in [6.07, 6.45) is 13.8. The zero-order chi connectivity index (χ0) is 25.8. The number of thioether (sulfide) groups is 1. The van der Waals surface area contributed by atoms with Crippen LogP contribution in [0.1, 0.15) is 30.3 Å². The summed E-state index contributed by atoms with van der Waals surface area (Å²) in [7, 11) is 0. The molecular weight excluding hydrogens is 468 g/mol. The second-order valence-electron chi connectivity index (χ2n) is 8.48. The number of hydrogen-bond donors (Lipinski definition) is 0. The fraction of sp³-hybridized carbons (Fsp3) is 0.357. The summed E-state index contributed by atoms with van der Waals surface area (Å²) in [5, 5.41) is 9.62. The molecule has 186 valence electrons. The van der Waals surface area contributed by atoms with Crippen molar-refractivity contribution >= 4 is 36.4 Å². The maximum Gasteiger partial charge on any atom is 0.311 e. The SMILES string of the molecule is C=Nc1c(SCC(C#N)CN=C(N=CC)OCC2=CCC(Cc3ccc(C)nc3)C=C2)ccnc1C. The molecule has 1 aliphatic carbocycles. The van der Waals surface area contributed by atoms with Gasteiger partial charge in [-0.25, -0.2) is 9.98 Å². The number of nitrogens with zero attached hydrogens (tertiary/aromatic N) is 6. The second-order valence-corrected chi connectivity index (χ2v) is 9.55.